The van der Waals surface area contributed by atoms with Crippen LogP contribution in [0.5, 0.6) is 5.75 Å². The van der Waals surface area contributed by atoms with E-state index in [2.05, 4.69) is 5.32 Å². The molecule has 1 amide bonds. The van der Waals surface area contributed by atoms with Crippen LogP contribution in [0.2, 0.25) is 5.02 Å². The van der Waals surface area contributed by atoms with E-state index in [1.807, 2.05) is 0 Å². The second kappa shape index (κ2) is 10.8. The van der Waals surface area contributed by atoms with Gasteiger partial charge in [0.05, 0.1) is 29.4 Å². The van der Waals surface area contributed by atoms with Crippen LogP contribution in [0.25, 0.3) is 11.1 Å². The molecule has 0 saturated heterocycles. The van der Waals surface area contributed by atoms with Gasteiger partial charge in [-0.3, -0.25) is 24.3 Å². The Morgan fingerprint density at radius 1 is 1.08 bits per heavy atom. The smallest absolute Gasteiger partial charge is 0.338 e. The van der Waals surface area contributed by atoms with Gasteiger partial charge in [0.15, 0.2) is 0 Å². The minimum absolute atomic E-state index is 0.112. The minimum Gasteiger partial charge on any atom is -0.495 e. The highest BCUT2D eigenvalue weighted by Crippen LogP contribution is 2.37. The zero-order valence-electron chi connectivity index (χ0n) is 20.9. The highest BCUT2D eigenvalue weighted by Gasteiger charge is 2.24. The van der Waals surface area contributed by atoms with Crippen molar-refractivity contribution < 1.29 is 24.0 Å². The van der Waals surface area contributed by atoms with Gasteiger partial charge in [0.25, 0.3) is 11.2 Å². The topological polar surface area (TPSA) is 130 Å². The van der Waals surface area contributed by atoms with Crippen LogP contribution in [0.3, 0.4) is 0 Å². The van der Waals surface area contributed by atoms with E-state index in [1.54, 1.807) is 32.9 Å². The van der Waals surface area contributed by atoms with Crippen LogP contribution in [0.15, 0.2) is 59.5 Å². The summed E-state index contributed by atoms with van der Waals surface area (Å²) in [5, 5.41) is 14.5. The van der Waals surface area contributed by atoms with Gasteiger partial charge < -0.3 is 14.8 Å². The molecule has 0 fully saturated rings. The first-order valence-electron chi connectivity index (χ1n) is 11.2. The molecule has 11 heteroatoms. The molecule has 1 unspecified atom stereocenters. The highest BCUT2D eigenvalue weighted by atomic mass is 35.5. The molecule has 0 bridgehead atoms. The Labute approximate surface area is 217 Å². The third-order valence-electron chi connectivity index (χ3n) is 5.29. The van der Waals surface area contributed by atoms with Gasteiger partial charge in [0.1, 0.15) is 17.4 Å². The average molecular weight is 528 g/mol. The number of carbonyl (C=O) groups excluding carboxylic acids is 2. The van der Waals surface area contributed by atoms with Crippen LogP contribution in [0.1, 0.15) is 44.1 Å². The van der Waals surface area contributed by atoms with Gasteiger partial charge in [-0.05, 0) is 64.1 Å². The van der Waals surface area contributed by atoms with Crippen LogP contribution in [0.4, 0.5) is 11.4 Å². The van der Waals surface area contributed by atoms with Gasteiger partial charge in [0, 0.05) is 28.4 Å². The third-order valence-corrected chi connectivity index (χ3v) is 5.53. The SMILES string of the molecule is COc1cn(C(C)C(=O)Nc2ccc(C(=O)OC(C)(C)C)cc2)c(=O)cc1-c1cc(Cl)ccc1[N+](=O)[O-]. The number of nitro benzene ring substituents is 1. The van der Waals surface area contributed by atoms with Crippen LogP contribution in [-0.4, -0.2) is 34.1 Å². The Balaban J connectivity index is 1.86. The van der Waals surface area contributed by atoms with Crippen molar-refractivity contribution in [2.24, 2.45) is 0 Å². The summed E-state index contributed by atoms with van der Waals surface area (Å²) in [4.78, 5) is 49.0. The van der Waals surface area contributed by atoms with E-state index in [1.165, 1.54) is 50.6 Å². The van der Waals surface area contributed by atoms with E-state index in [0.717, 1.165) is 10.6 Å². The van der Waals surface area contributed by atoms with Crippen LogP contribution < -0.4 is 15.6 Å². The predicted octanol–water partition coefficient (Wildman–Crippen LogP) is 5.24. The van der Waals surface area contributed by atoms with Crippen LogP contribution in [0, 0.1) is 10.1 Å². The molecular formula is C26H26ClN3O7. The summed E-state index contributed by atoms with van der Waals surface area (Å²) in [6, 6.07) is 10.3. The second-order valence-electron chi connectivity index (χ2n) is 9.16. The van der Waals surface area contributed by atoms with Gasteiger partial charge in [-0.2, -0.15) is 0 Å². The number of carbonyl (C=O) groups is 2. The van der Waals surface area contributed by atoms with Gasteiger partial charge in [-0.25, -0.2) is 4.79 Å². The van der Waals surface area contributed by atoms with Crippen molar-refractivity contribution in [2.45, 2.75) is 39.3 Å². The zero-order chi connectivity index (χ0) is 27.5. The van der Waals surface area contributed by atoms with E-state index < -0.39 is 34.0 Å². The van der Waals surface area contributed by atoms with Crippen molar-refractivity contribution in [1.29, 1.82) is 0 Å². The van der Waals surface area contributed by atoms with Crippen molar-refractivity contribution >= 4 is 34.9 Å². The average Bonchev–Trinajstić information content (AvgIpc) is 2.82. The lowest BCUT2D eigenvalue weighted by Gasteiger charge is -2.20. The fourth-order valence-electron chi connectivity index (χ4n) is 3.49. The van der Waals surface area contributed by atoms with Gasteiger partial charge in [0.2, 0.25) is 5.91 Å². The van der Waals surface area contributed by atoms with E-state index in [4.69, 9.17) is 21.1 Å². The monoisotopic (exact) mass is 527 g/mol. The molecule has 1 atom stereocenters. The van der Waals surface area contributed by atoms with Gasteiger partial charge in [-0.1, -0.05) is 11.6 Å². The Bertz CT molecular complexity index is 1410. The number of amides is 1. The number of nitro groups is 1. The molecule has 0 saturated carbocycles. The Hall–Kier alpha value is -4.18. The zero-order valence-corrected chi connectivity index (χ0v) is 21.7. The molecule has 10 nitrogen and oxygen atoms in total. The number of aromatic nitrogens is 1. The lowest BCUT2D eigenvalue weighted by molar-refractivity contribution is -0.384. The predicted molar refractivity (Wildman–Crippen MR) is 139 cm³/mol. The highest BCUT2D eigenvalue weighted by molar-refractivity contribution is 6.31. The number of nitrogens with one attached hydrogen (secondary N) is 1. The normalized spacial score (nSPS) is 11.9. The summed E-state index contributed by atoms with van der Waals surface area (Å²) in [6.45, 7) is 6.81. The first-order chi connectivity index (χ1) is 17.3. The van der Waals surface area contributed by atoms with Crippen LogP contribution >= 0.6 is 11.6 Å². The largest absolute Gasteiger partial charge is 0.495 e. The lowest BCUT2D eigenvalue weighted by atomic mass is 10.0. The van der Waals surface area contributed by atoms with E-state index >= 15 is 0 Å². The molecular weight excluding hydrogens is 502 g/mol. The molecule has 0 aliphatic carbocycles. The molecule has 1 heterocycles. The molecule has 3 aromatic rings. The number of pyridine rings is 1. The number of hydrogen-bond acceptors (Lipinski definition) is 7. The Kier molecular flexibility index (Phi) is 8.03. The fraction of sp³-hybridized carbons (Fsp3) is 0.269. The third kappa shape index (κ3) is 6.53. The molecule has 0 aliphatic heterocycles. The number of benzene rings is 2. The molecule has 2 aromatic carbocycles. The van der Waals surface area contributed by atoms with Gasteiger partial charge >= 0.3 is 5.97 Å². The van der Waals surface area contributed by atoms with E-state index in [-0.39, 0.29) is 27.6 Å². The minimum atomic E-state index is -0.963. The maximum atomic E-state index is 13.0. The summed E-state index contributed by atoms with van der Waals surface area (Å²) in [7, 11) is 1.35. The maximum absolute atomic E-state index is 13.0. The molecule has 37 heavy (non-hydrogen) atoms. The number of halogens is 1. The molecule has 1 N–H and O–H groups in total. The van der Waals surface area contributed by atoms with E-state index in [9.17, 15) is 24.5 Å². The maximum Gasteiger partial charge on any atom is 0.338 e. The lowest BCUT2D eigenvalue weighted by Crippen LogP contribution is -2.31. The summed E-state index contributed by atoms with van der Waals surface area (Å²) >= 11 is 6.04. The number of ether oxygens (including phenoxy) is 2. The number of esters is 1. The van der Waals surface area contributed by atoms with Gasteiger partial charge in [-0.15, -0.1) is 0 Å². The molecule has 194 valence electrons. The number of methoxy groups -OCH3 is 1. The summed E-state index contributed by atoms with van der Waals surface area (Å²) in [5.74, 6) is -0.848. The number of hydrogen-bond donors (Lipinski definition) is 1. The standard InChI is InChI=1S/C26H26ClN3O7/c1-15(24(32)28-18-9-6-16(7-10-18)25(33)37-26(2,3)4)29-14-22(36-5)20(13-23(29)31)19-12-17(27)8-11-21(19)30(34)35/h6-15H,1-5H3,(H,28,32). The molecule has 0 spiro atoms. The molecule has 0 aliphatic rings. The summed E-state index contributed by atoms with van der Waals surface area (Å²) in [5.41, 5.74) is -0.443. The summed E-state index contributed by atoms with van der Waals surface area (Å²) in [6.07, 6.45) is 1.32. The van der Waals surface area contributed by atoms with Crippen molar-refractivity contribution in [1.82, 2.24) is 4.57 Å². The van der Waals surface area contributed by atoms with E-state index in [0.29, 0.717) is 11.3 Å². The van der Waals surface area contributed by atoms with Crippen molar-refractivity contribution in [2.75, 3.05) is 12.4 Å². The quantitative estimate of drug-likeness (QED) is 0.252. The van der Waals surface area contributed by atoms with Crippen molar-refractivity contribution in [3.8, 4) is 16.9 Å². The second-order valence-corrected chi connectivity index (χ2v) is 9.60. The molecule has 0 radical (unpaired) electrons. The first-order valence-corrected chi connectivity index (χ1v) is 11.6. The van der Waals surface area contributed by atoms with Crippen molar-refractivity contribution in [3.05, 3.63) is 85.8 Å². The first kappa shape index (κ1) is 27.4. The summed E-state index contributed by atoms with van der Waals surface area (Å²) < 4.78 is 11.9. The Morgan fingerprint density at radius 2 is 1.73 bits per heavy atom. The Morgan fingerprint density at radius 3 is 2.30 bits per heavy atom. The fourth-order valence-corrected chi connectivity index (χ4v) is 3.66. The molecule has 1 aromatic heterocycles. The number of rotatable bonds is 7. The van der Waals surface area contributed by atoms with Crippen LogP contribution in [-0.2, 0) is 9.53 Å². The molecule has 3 rings (SSSR count). The number of nitrogens with zero attached hydrogens (tertiary/aromatic N) is 2. The number of anilines is 1. The van der Waals surface area contributed by atoms with Crippen molar-refractivity contribution in [3.63, 3.8) is 0 Å².